The smallest absolute Gasteiger partial charge is 0.325 e. The zero-order valence-corrected chi connectivity index (χ0v) is 13.4. The number of carbonyl (C=O) groups excluding carboxylic acids is 1. The van der Waals surface area contributed by atoms with Gasteiger partial charge in [-0.2, -0.15) is 0 Å². The third-order valence-electron chi connectivity index (χ3n) is 2.61. The van der Waals surface area contributed by atoms with Gasteiger partial charge in [0.05, 0.1) is 12.8 Å². The van der Waals surface area contributed by atoms with Crippen molar-refractivity contribution in [2.75, 3.05) is 25.1 Å². The summed E-state index contributed by atoms with van der Waals surface area (Å²) >= 11 is 8.43. The van der Waals surface area contributed by atoms with Crippen molar-refractivity contribution in [3.8, 4) is 0 Å². The van der Waals surface area contributed by atoms with Gasteiger partial charge in [0, 0.05) is 16.6 Å². The standard InChI is InChI=1S/C13H17BrN2O2S/c1-3-6-16(8-12(17)18-2)11-5-4-9(13(15)19)7-10(11)14/h4-5,7H,3,6,8H2,1-2H3,(H2,15,19). The number of anilines is 1. The van der Waals surface area contributed by atoms with Crippen LogP contribution in [0.3, 0.4) is 0 Å². The molecule has 6 heteroatoms. The molecular formula is C13H17BrN2O2S. The lowest BCUT2D eigenvalue weighted by atomic mass is 10.2. The second-order valence-corrected chi connectivity index (χ2v) is 5.32. The van der Waals surface area contributed by atoms with E-state index in [4.69, 9.17) is 22.7 Å². The number of hydrogen-bond donors (Lipinski definition) is 1. The van der Waals surface area contributed by atoms with Gasteiger partial charge in [0.25, 0.3) is 0 Å². The number of nitrogens with zero attached hydrogens (tertiary/aromatic N) is 1. The molecule has 104 valence electrons. The van der Waals surface area contributed by atoms with Crippen LogP contribution in [0.25, 0.3) is 0 Å². The lowest BCUT2D eigenvalue weighted by Crippen LogP contribution is -2.31. The van der Waals surface area contributed by atoms with Crippen LogP contribution in [0.15, 0.2) is 22.7 Å². The molecule has 0 aliphatic rings. The first kappa shape index (κ1) is 15.9. The molecule has 0 unspecified atom stereocenters. The number of ether oxygens (including phenoxy) is 1. The normalized spacial score (nSPS) is 10.1. The third kappa shape index (κ3) is 4.47. The number of benzene rings is 1. The van der Waals surface area contributed by atoms with Crippen molar-refractivity contribution in [3.63, 3.8) is 0 Å². The predicted molar refractivity (Wildman–Crippen MR) is 84.5 cm³/mol. The van der Waals surface area contributed by atoms with Crippen molar-refractivity contribution in [2.24, 2.45) is 5.73 Å². The van der Waals surface area contributed by atoms with E-state index in [0.29, 0.717) is 4.99 Å². The van der Waals surface area contributed by atoms with Gasteiger partial charge in [0.2, 0.25) is 0 Å². The number of methoxy groups -OCH3 is 1. The van der Waals surface area contributed by atoms with E-state index in [1.165, 1.54) is 7.11 Å². The molecule has 0 heterocycles. The number of nitrogens with two attached hydrogens (primary N) is 1. The van der Waals surface area contributed by atoms with E-state index < -0.39 is 0 Å². The Morgan fingerprint density at radius 2 is 2.21 bits per heavy atom. The van der Waals surface area contributed by atoms with E-state index in [0.717, 1.165) is 28.7 Å². The van der Waals surface area contributed by atoms with Crippen LogP contribution in [0.2, 0.25) is 0 Å². The molecular weight excluding hydrogens is 328 g/mol. The maximum absolute atomic E-state index is 11.4. The number of carbonyl (C=O) groups is 1. The molecule has 0 atom stereocenters. The van der Waals surface area contributed by atoms with Gasteiger partial charge in [-0.05, 0) is 40.5 Å². The van der Waals surface area contributed by atoms with E-state index in [1.807, 2.05) is 23.1 Å². The fourth-order valence-corrected chi connectivity index (χ4v) is 2.45. The molecule has 1 rings (SSSR count). The van der Waals surface area contributed by atoms with Gasteiger partial charge in [0.15, 0.2) is 0 Å². The molecule has 19 heavy (non-hydrogen) atoms. The van der Waals surface area contributed by atoms with Crippen molar-refractivity contribution in [3.05, 3.63) is 28.2 Å². The van der Waals surface area contributed by atoms with Crippen LogP contribution < -0.4 is 10.6 Å². The molecule has 0 bridgehead atoms. The molecule has 4 nitrogen and oxygen atoms in total. The van der Waals surface area contributed by atoms with Crippen molar-refractivity contribution in [1.82, 2.24) is 0 Å². The summed E-state index contributed by atoms with van der Waals surface area (Å²) in [7, 11) is 1.39. The Hall–Kier alpha value is -1.14. The lowest BCUT2D eigenvalue weighted by Gasteiger charge is -2.24. The molecule has 1 aromatic carbocycles. The number of rotatable bonds is 6. The molecule has 2 N–H and O–H groups in total. The fraction of sp³-hybridized carbons (Fsp3) is 0.385. The summed E-state index contributed by atoms with van der Waals surface area (Å²) in [6, 6.07) is 5.61. The zero-order chi connectivity index (χ0) is 14.4. The summed E-state index contributed by atoms with van der Waals surface area (Å²) in [6.45, 7) is 3.04. The average Bonchev–Trinajstić information content (AvgIpc) is 2.37. The molecule has 0 saturated heterocycles. The molecule has 0 aliphatic carbocycles. The SMILES string of the molecule is CCCN(CC(=O)OC)c1ccc(C(N)=S)cc1Br. The third-order valence-corrected chi connectivity index (χ3v) is 3.48. The van der Waals surface area contributed by atoms with Gasteiger partial charge in [0.1, 0.15) is 11.5 Å². The second kappa shape index (κ2) is 7.45. The number of halogens is 1. The summed E-state index contributed by atoms with van der Waals surface area (Å²) in [5, 5.41) is 0. The number of hydrogen-bond acceptors (Lipinski definition) is 4. The quantitative estimate of drug-likeness (QED) is 0.634. The Labute approximate surface area is 127 Å². The summed E-state index contributed by atoms with van der Waals surface area (Å²) in [5.41, 5.74) is 7.31. The molecule has 0 amide bonds. The monoisotopic (exact) mass is 344 g/mol. The van der Waals surface area contributed by atoms with Crippen molar-refractivity contribution in [1.29, 1.82) is 0 Å². The topological polar surface area (TPSA) is 55.6 Å². The van der Waals surface area contributed by atoms with Crippen molar-refractivity contribution >= 4 is 44.8 Å². The highest BCUT2D eigenvalue weighted by molar-refractivity contribution is 9.10. The van der Waals surface area contributed by atoms with E-state index in [-0.39, 0.29) is 12.5 Å². The molecule has 1 aromatic rings. The van der Waals surface area contributed by atoms with E-state index in [1.54, 1.807) is 0 Å². The van der Waals surface area contributed by atoms with Crippen LogP contribution in [0.5, 0.6) is 0 Å². The van der Waals surface area contributed by atoms with Crippen LogP contribution >= 0.6 is 28.1 Å². The molecule has 0 saturated carbocycles. The number of thiocarbonyl (C=S) groups is 1. The summed E-state index contributed by atoms with van der Waals surface area (Å²) in [5.74, 6) is -0.265. The van der Waals surface area contributed by atoms with Crippen LogP contribution in [-0.4, -0.2) is 31.2 Å². The van der Waals surface area contributed by atoms with Crippen LogP contribution in [0.4, 0.5) is 5.69 Å². The summed E-state index contributed by atoms with van der Waals surface area (Å²) in [4.78, 5) is 13.7. The van der Waals surface area contributed by atoms with Gasteiger partial charge < -0.3 is 15.4 Å². The lowest BCUT2D eigenvalue weighted by molar-refractivity contribution is -0.138. The second-order valence-electron chi connectivity index (χ2n) is 4.03. The van der Waals surface area contributed by atoms with Gasteiger partial charge in [-0.25, -0.2) is 0 Å². The minimum absolute atomic E-state index is 0.218. The highest BCUT2D eigenvalue weighted by Crippen LogP contribution is 2.27. The molecule has 0 fully saturated rings. The van der Waals surface area contributed by atoms with Crippen molar-refractivity contribution in [2.45, 2.75) is 13.3 Å². The maximum Gasteiger partial charge on any atom is 0.325 e. The minimum atomic E-state index is -0.265. The van der Waals surface area contributed by atoms with Gasteiger partial charge in [-0.15, -0.1) is 0 Å². The van der Waals surface area contributed by atoms with Crippen LogP contribution in [0.1, 0.15) is 18.9 Å². The van der Waals surface area contributed by atoms with Crippen molar-refractivity contribution < 1.29 is 9.53 Å². The zero-order valence-electron chi connectivity index (χ0n) is 11.0. The summed E-state index contributed by atoms with van der Waals surface area (Å²) < 4.78 is 5.57. The van der Waals surface area contributed by atoms with E-state index in [2.05, 4.69) is 22.9 Å². The Morgan fingerprint density at radius 3 is 2.68 bits per heavy atom. The summed E-state index contributed by atoms with van der Waals surface area (Å²) in [6.07, 6.45) is 0.931. The predicted octanol–water partition coefficient (Wildman–Crippen LogP) is 2.47. The van der Waals surface area contributed by atoms with Gasteiger partial charge in [-0.1, -0.05) is 19.1 Å². The molecule has 0 aliphatic heterocycles. The first-order valence-corrected chi connectivity index (χ1v) is 7.10. The van der Waals surface area contributed by atoms with Gasteiger partial charge >= 0.3 is 5.97 Å². The number of esters is 1. The Balaban J connectivity index is 3.02. The maximum atomic E-state index is 11.4. The Bertz CT molecular complexity index is 480. The molecule has 0 spiro atoms. The Kier molecular flexibility index (Phi) is 6.24. The van der Waals surface area contributed by atoms with Gasteiger partial charge in [-0.3, -0.25) is 4.79 Å². The first-order chi connectivity index (χ1) is 8.99. The average molecular weight is 345 g/mol. The largest absolute Gasteiger partial charge is 0.468 e. The fourth-order valence-electron chi connectivity index (χ4n) is 1.69. The minimum Gasteiger partial charge on any atom is -0.468 e. The molecule has 0 radical (unpaired) electrons. The highest BCUT2D eigenvalue weighted by Gasteiger charge is 2.14. The highest BCUT2D eigenvalue weighted by atomic mass is 79.9. The molecule has 0 aromatic heterocycles. The van der Waals surface area contributed by atoms with E-state index >= 15 is 0 Å². The van der Waals surface area contributed by atoms with E-state index in [9.17, 15) is 4.79 Å². The first-order valence-electron chi connectivity index (χ1n) is 5.90. The van der Waals surface area contributed by atoms with Crippen LogP contribution in [0, 0.1) is 0 Å². The van der Waals surface area contributed by atoms with Crippen LogP contribution in [-0.2, 0) is 9.53 Å². The Morgan fingerprint density at radius 1 is 1.53 bits per heavy atom.